The highest BCUT2D eigenvalue weighted by atomic mass is 19.2. The molecule has 2 aromatic carbocycles. The summed E-state index contributed by atoms with van der Waals surface area (Å²) in [7, 11) is 0. The van der Waals surface area contributed by atoms with Crippen molar-refractivity contribution in [1.29, 1.82) is 0 Å². The summed E-state index contributed by atoms with van der Waals surface area (Å²) in [5, 5.41) is 9.83. The van der Waals surface area contributed by atoms with Gasteiger partial charge >= 0.3 is 0 Å². The average Bonchev–Trinajstić information content (AvgIpc) is 2.65. The van der Waals surface area contributed by atoms with Crippen LogP contribution in [0.25, 0.3) is 11.1 Å². The molecule has 1 saturated heterocycles. The number of phenols is 1. The molecule has 0 spiro atoms. The van der Waals surface area contributed by atoms with Crippen molar-refractivity contribution in [3.05, 3.63) is 53.6 Å². The highest BCUT2D eigenvalue weighted by Gasteiger charge is 2.24. The number of amides is 1. The zero-order valence-electron chi connectivity index (χ0n) is 14.1. The number of rotatable bonds is 4. The normalized spacial score (nSPS) is 17.3. The molecule has 1 aliphatic rings. The van der Waals surface area contributed by atoms with Gasteiger partial charge in [0.05, 0.1) is 12.7 Å². The van der Waals surface area contributed by atoms with E-state index in [1.165, 1.54) is 0 Å². The third-order valence-corrected chi connectivity index (χ3v) is 4.40. The molecule has 0 saturated carbocycles. The molecule has 0 aliphatic carbocycles. The van der Waals surface area contributed by atoms with E-state index in [0.29, 0.717) is 43.8 Å². The van der Waals surface area contributed by atoms with Gasteiger partial charge in [0.1, 0.15) is 5.75 Å². The van der Waals surface area contributed by atoms with Gasteiger partial charge in [-0.05, 0) is 36.7 Å². The Balaban J connectivity index is 1.77. The van der Waals surface area contributed by atoms with Crippen molar-refractivity contribution in [2.75, 3.05) is 26.2 Å². The minimum Gasteiger partial charge on any atom is -0.507 e. The largest absolute Gasteiger partial charge is 0.507 e. The maximum atomic E-state index is 13.4. The van der Waals surface area contributed by atoms with Crippen LogP contribution in [-0.2, 0) is 4.74 Å². The Labute approximate surface area is 150 Å². The first kappa shape index (κ1) is 18.3. The zero-order valence-corrected chi connectivity index (χ0v) is 14.1. The summed E-state index contributed by atoms with van der Waals surface area (Å²) < 4.78 is 32.1. The molecule has 26 heavy (non-hydrogen) atoms. The van der Waals surface area contributed by atoms with Gasteiger partial charge in [-0.2, -0.15) is 0 Å². The van der Waals surface area contributed by atoms with Gasteiger partial charge in [-0.15, -0.1) is 0 Å². The third-order valence-electron chi connectivity index (χ3n) is 4.40. The Morgan fingerprint density at radius 1 is 1.23 bits per heavy atom. The predicted molar refractivity (Wildman–Crippen MR) is 92.8 cm³/mol. The lowest BCUT2D eigenvalue weighted by Crippen LogP contribution is -2.46. The molecule has 1 heterocycles. The molecule has 0 aromatic heterocycles. The second-order valence-corrected chi connectivity index (χ2v) is 6.18. The van der Waals surface area contributed by atoms with E-state index in [1.54, 1.807) is 29.2 Å². The van der Waals surface area contributed by atoms with E-state index in [4.69, 9.17) is 10.5 Å². The Hall–Kier alpha value is -2.51. The molecular formula is C19H20F2N2O3. The van der Waals surface area contributed by atoms with Crippen molar-refractivity contribution in [3.8, 4) is 16.9 Å². The van der Waals surface area contributed by atoms with Crippen LogP contribution in [0.4, 0.5) is 8.78 Å². The summed E-state index contributed by atoms with van der Waals surface area (Å²) in [6.45, 7) is 1.96. The van der Waals surface area contributed by atoms with E-state index in [-0.39, 0.29) is 23.3 Å². The number of carbonyl (C=O) groups is 1. The molecule has 1 fully saturated rings. The first-order valence-electron chi connectivity index (χ1n) is 8.39. The summed E-state index contributed by atoms with van der Waals surface area (Å²) >= 11 is 0. The minimum absolute atomic E-state index is 0.0592. The smallest absolute Gasteiger partial charge is 0.254 e. The molecule has 1 atom stereocenters. The van der Waals surface area contributed by atoms with Crippen LogP contribution >= 0.6 is 0 Å². The zero-order chi connectivity index (χ0) is 18.7. The molecule has 3 rings (SSSR count). The summed E-state index contributed by atoms with van der Waals surface area (Å²) in [6, 6.07) is 8.06. The average molecular weight is 362 g/mol. The number of phenolic OH excluding ortho intramolecular Hbond substituents is 1. The van der Waals surface area contributed by atoms with Gasteiger partial charge in [0.25, 0.3) is 5.91 Å². The Bertz CT molecular complexity index is 794. The van der Waals surface area contributed by atoms with E-state index in [2.05, 4.69) is 0 Å². The fourth-order valence-electron chi connectivity index (χ4n) is 3.01. The maximum Gasteiger partial charge on any atom is 0.254 e. The second-order valence-electron chi connectivity index (χ2n) is 6.18. The number of hydrogen-bond donors (Lipinski definition) is 2. The number of morpholine rings is 1. The molecule has 5 nitrogen and oxygen atoms in total. The molecule has 1 aliphatic heterocycles. The van der Waals surface area contributed by atoms with Crippen molar-refractivity contribution in [2.24, 2.45) is 5.73 Å². The van der Waals surface area contributed by atoms with E-state index in [9.17, 15) is 18.7 Å². The molecule has 1 amide bonds. The van der Waals surface area contributed by atoms with Crippen molar-refractivity contribution in [3.63, 3.8) is 0 Å². The summed E-state index contributed by atoms with van der Waals surface area (Å²) in [5.74, 6) is -2.65. The van der Waals surface area contributed by atoms with Crippen LogP contribution in [0.15, 0.2) is 36.4 Å². The molecule has 3 N–H and O–H groups in total. The SMILES string of the molecule is NCC[C@@H]1CN(C(=O)c2ccc(-c3cc(F)c(F)cc3O)cc2)CCO1. The van der Waals surface area contributed by atoms with Crippen LogP contribution < -0.4 is 5.73 Å². The Morgan fingerprint density at radius 2 is 1.92 bits per heavy atom. The third kappa shape index (κ3) is 3.84. The minimum atomic E-state index is -1.11. The molecule has 2 aromatic rings. The summed E-state index contributed by atoms with van der Waals surface area (Å²) in [5.41, 5.74) is 6.67. The number of benzene rings is 2. The molecule has 0 bridgehead atoms. The number of nitrogens with zero attached hydrogens (tertiary/aromatic N) is 1. The monoisotopic (exact) mass is 362 g/mol. The van der Waals surface area contributed by atoms with Crippen LogP contribution in [0.5, 0.6) is 5.75 Å². The van der Waals surface area contributed by atoms with Crippen LogP contribution in [0.1, 0.15) is 16.8 Å². The number of halogens is 2. The van der Waals surface area contributed by atoms with E-state index >= 15 is 0 Å². The summed E-state index contributed by atoms with van der Waals surface area (Å²) in [4.78, 5) is 14.4. The lowest BCUT2D eigenvalue weighted by Gasteiger charge is -2.33. The lowest BCUT2D eigenvalue weighted by atomic mass is 10.0. The Morgan fingerprint density at radius 3 is 2.62 bits per heavy atom. The first-order valence-corrected chi connectivity index (χ1v) is 8.39. The standard InChI is InChI=1S/C19H20F2N2O3/c20-16-9-15(18(24)10-17(16)21)12-1-3-13(4-2-12)19(25)23-7-8-26-14(11-23)5-6-22/h1-4,9-10,14,24H,5-8,11,22H2/t14-/m1/s1. The molecular weight excluding hydrogens is 342 g/mol. The quantitative estimate of drug-likeness (QED) is 0.876. The first-order chi connectivity index (χ1) is 12.5. The number of nitrogens with two attached hydrogens (primary N) is 1. The lowest BCUT2D eigenvalue weighted by molar-refractivity contribution is -0.0236. The number of aromatic hydroxyl groups is 1. The summed E-state index contributed by atoms with van der Waals surface area (Å²) in [6.07, 6.45) is 0.633. The van der Waals surface area contributed by atoms with Crippen molar-refractivity contribution in [2.45, 2.75) is 12.5 Å². The Kier molecular flexibility index (Phi) is 5.49. The molecule has 0 unspecified atom stereocenters. The van der Waals surface area contributed by atoms with E-state index in [0.717, 1.165) is 12.1 Å². The molecule has 7 heteroatoms. The number of ether oxygens (including phenoxy) is 1. The fourth-order valence-corrected chi connectivity index (χ4v) is 3.01. The van der Waals surface area contributed by atoms with Gasteiger partial charge in [-0.25, -0.2) is 8.78 Å². The van der Waals surface area contributed by atoms with Crippen LogP contribution in [0, 0.1) is 11.6 Å². The number of carbonyl (C=O) groups excluding carboxylic acids is 1. The van der Waals surface area contributed by atoms with E-state index in [1.807, 2.05) is 0 Å². The topological polar surface area (TPSA) is 75.8 Å². The van der Waals surface area contributed by atoms with Gasteiger partial charge in [0.15, 0.2) is 11.6 Å². The maximum absolute atomic E-state index is 13.4. The highest BCUT2D eigenvalue weighted by Crippen LogP contribution is 2.31. The van der Waals surface area contributed by atoms with Gasteiger partial charge < -0.3 is 20.5 Å². The van der Waals surface area contributed by atoms with E-state index < -0.39 is 11.6 Å². The van der Waals surface area contributed by atoms with Gasteiger partial charge in [-0.3, -0.25) is 4.79 Å². The van der Waals surface area contributed by atoms with Crippen molar-refractivity contribution in [1.82, 2.24) is 4.90 Å². The van der Waals surface area contributed by atoms with Crippen molar-refractivity contribution < 1.29 is 23.4 Å². The highest BCUT2D eigenvalue weighted by molar-refractivity contribution is 5.95. The molecule has 138 valence electrons. The van der Waals surface area contributed by atoms with Crippen molar-refractivity contribution >= 4 is 5.91 Å². The number of hydrogen-bond acceptors (Lipinski definition) is 4. The van der Waals surface area contributed by atoms with Crippen LogP contribution in [-0.4, -0.2) is 48.3 Å². The fraction of sp³-hybridized carbons (Fsp3) is 0.316. The molecule has 0 radical (unpaired) electrons. The predicted octanol–water partition coefficient (Wildman–Crippen LogP) is 2.53. The van der Waals surface area contributed by atoms with Gasteiger partial charge in [0, 0.05) is 30.3 Å². The van der Waals surface area contributed by atoms with Crippen LogP contribution in [0.2, 0.25) is 0 Å². The van der Waals surface area contributed by atoms with Crippen LogP contribution in [0.3, 0.4) is 0 Å². The van der Waals surface area contributed by atoms with Gasteiger partial charge in [-0.1, -0.05) is 12.1 Å². The van der Waals surface area contributed by atoms with Gasteiger partial charge in [0.2, 0.25) is 0 Å². The second kappa shape index (κ2) is 7.80.